The van der Waals surface area contributed by atoms with E-state index in [2.05, 4.69) is 51.8 Å². The summed E-state index contributed by atoms with van der Waals surface area (Å²) in [7, 11) is 1.81. The molecule has 1 aliphatic rings. The number of nitrogens with zero attached hydrogens (tertiary/aromatic N) is 1. The van der Waals surface area contributed by atoms with Crippen LogP contribution in [0.4, 0.5) is 0 Å². The summed E-state index contributed by atoms with van der Waals surface area (Å²) in [5.41, 5.74) is 1.43. The highest BCUT2D eigenvalue weighted by Crippen LogP contribution is 2.18. The van der Waals surface area contributed by atoms with E-state index in [0.717, 1.165) is 19.6 Å². The molecule has 0 N–H and O–H groups in total. The van der Waals surface area contributed by atoms with Crippen LogP contribution in [0.3, 0.4) is 0 Å². The second-order valence-electron chi connectivity index (χ2n) is 3.97. The molecule has 0 spiro atoms. The van der Waals surface area contributed by atoms with Gasteiger partial charge in [-0.25, -0.2) is 0 Å². The Hall–Kier alpha value is -0.130. The highest BCUT2D eigenvalue weighted by molar-refractivity contribution is 14.1. The minimum Gasteiger partial charge on any atom is -0.380 e. The Balaban J connectivity index is 1.96. The van der Waals surface area contributed by atoms with Crippen molar-refractivity contribution < 1.29 is 4.74 Å². The minimum atomic E-state index is 0.436. The number of halogens is 1. The lowest BCUT2D eigenvalue weighted by Gasteiger charge is -2.16. The van der Waals surface area contributed by atoms with Gasteiger partial charge in [0.2, 0.25) is 0 Å². The molecule has 1 saturated heterocycles. The van der Waals surface area contributed by atoms with E-state index in [-0.39, 0.29) is 0 Å². The zero-order chi connectivity index (χ0) is 10.7. The first-order valence-electron chi connectivity index (χ1n) is 5.28. The third-order valence-electron chi connectivity index (χ3n) is 2.91. The van der Waals surface area contributed by atoms with E-state index in [9.17, 15) is 0 Å². The van der Waals surface area contributed by atoms with Crippen LogP contribution in [-0.4, -0.2) is 31.2 Å². The van der Waals surface area contributed by atoms with Gasteiger partial charge in [-0.1, -0.05) is 18.2 Å². The molecule has 1 atom stereocenters. The summed E-state index contributed by atoms with van der Waals surface area (Å²) in [5, 5.41) is 0. The second-order valence-corrected chi connectivity index (χ2v) is 5.14. The maximum absolute atomic E-state index is 5.37. The zero-order valence-corrected chi connectivity index (χ0v) is 11.1. The number of likely N-dealkylation sites (tertiary alicyclic amines) is 1. The summed E-state index contributed by atoms with van der Waals surface area (Å²) in [6.07, 6.45) is 1.60. The fourth-order valence-corrected chi connectivity index (χ4v) is 2.56. The lowest BCUT2D eigenvalue weighted by atomic mass is 10.2. The molecule has 1 fully saturated rings. The summed E-state index contributed by atoms with van der Waals surface area (Å²) in [6, 6.07) is 8.58. The monoisotopic (exact) mass is 317 g/mol. The van der Waals surface area contributed by atoms with Crippen LogP contribution in [0.2, 0.25) is 0 Å². The van der Waals surface area contributed by atoms with Gasteiger partial charge in [-0.3, -0.25) is 4.90 Å². The number of rotatable bonds is 3. The highest BCUT2D eigenvalue weighted by Gasteiger charge is 2.22. The Morgan fingerprint density at radius 3 is 2.93 bits per heavy atom. The first-order chi connectivity index (χ1) is 7.29. The van der Waals surface area contributed by atoms with E-state index in [1.165, 1.54) is 15.6 Å². The molecule has 82 valence electrons. The van der Waals surface area contributed by atoms with Crippen LogP contribution < -0.4 is 0 Å². The topological polar surface area (TPSA) is 12.5 Å². The van der Waals surface area contributed by atoms with Crippen LogP contribution in [0.25, 0.3) is 0 Å². The van der Waals surface area contributed by atoms with Crippen molar-refractivity contribution in [1.82, 2.24) is 4.90 Å². The van der Waals surface area contributed by atoms with Gasteiger partial charge >= 0.3 is 0 Å². The smallest absolute Gasteiger partial charge is 0.0710 e. The lowest BCUT2D eigenvalue weighted by molar-refractivity contribution is 0.107. The zero-order valence-electron chi connectivity index (χ0n) is 8.95. The van der Waals surface area contributed by atoms with Crippen molar-refractivity contribution in [3.05, 3.63) is 33.4 Å². The molecule has 1 heterocycles. The predicted octanol–water partition coefficient (Wildman–Crippen LogP) is 2.51. The largest absolute Gasteiger partial charge is 0.380 e. The van der Waals surface area contributed by atoms with Gasteiger partial charge in [0.25, 0.3) is 0 Å². The van der Waals surface area contributed by atoms with Crippen molar-refractivity contribution in [3.63, 3.8) is 0 Å². The predicted molar refractivity (Wildman–Crippen MR) is 69.9 cm³/mol. The minimum absolute atomic E-state index is 0.436. The first kappa shape index (κ1) is 11.4. The Bertz CT molecular complexity index is 329. The number of methoxy groups -OCH3 is 1. The summed E-state index contributed by atoms with van der Waals surface area (Å²) >= 11 is 2.40. The third kappa shape index (κ3) is 2.92. The van der Waals surface area contributed by atoms with E-state index < -0.39 is 0 Å². The van der Waals surface area contributed by atoms with Crippen LogP contribution in [0.1, 0.15) is 12.0 Å². The van der Waals surface area contributed by atoms with Crippen molar-refractivity contribution in [1.29, 1.82) is 0 Å². The van der Waals surface area contributed by atoms with Gasteiger partial charge in [0.15, 0.2) is 0 Å². The Kier molecular flexibility index (Phi) is 3.99. The average Bonchev–Trinajstić information content (AvgIpc) is 2.69. The van der Waals surface area contributed by atoms with E-state index in [0.29, 0.717) is 6.10 Å². The number of hydrogen-bond donors (Lipinski definition) is 0. The van der Waals surface area contributed by atoms with Gasteiger partial charge in [0.1, 0.15) is 0 Å². The van der Waals surface area contributed by atoms with Crippen molar-refractivity contribution in [2.45, 2.75) is 19.1 Å². The molecule has 0 radical (unpaired) electrons. The summed E-state index contributed by atoms with van der Waals surface area (Å²) < 4.78 is 6.72. The molecule has 2 rings (SSSR count). The van der Waals surface area contributed by atoms with Crippen LogP contribution in [0, 0.1) is 3.57 Å². The Morgan fingerprint density at radius 1 is 1.47 bits per heavy atom. The van der Waals surface area contributed by atoms with Crippen molar-refractivity contribution in [2.24, 2.45) is 0 Å². The summed E-state index contributed by atoms with van der Waals surface area (Å²) in [5.74, 6) is 0. The van der Waals surface area contributed by atoms with Crippen LogP contribution >= 0.6 is 22.6 Å². The van der Waals surface area contributed by atoms with Gasteiger partial charge in [-0.15, -0.1) is 0 Å². The molecule has 0 unspecified atom stereocenters. The third-order valence-corrected chi connectivity index (χ3v) is 3.97. The molecule has 0 amide bonds. The van der Waals surface area contributed by atoms with Gasteiger partial charge in [-0.05, 0) is 40.6 Å². The maximum Gasteiger partial charge on any atom is 0.0710 e. The molecule has 3 heteroatoms. The van der Waals surface area contributed by atoms with Crippen LogP contribution in [-0.2, 0) is 11.3 Å². The molecule has 0 bridgehead atoms. The van der Waals surface area contributed by atoms with Crippen molar-refractivity contribution in [2.75, 3.05) is 20.2 Å². The van der Waals surface area contributed by atoms with Crippen LogP contribution in [0.5, 0.6) is 0 Å². The van der Waals surface area contributed by atoms with E-state index in [1.807, 2.05) is 0 Å². The van der Waals surface area contributed by atoms with Crippen molar-refractivity contribution >= 4 is 22.6 Å². The van der Waals surface area contributed by atoms with Gasteiger partial charge in [0.05, 0.1) is 6.10 Å². The average molecular weight is 317 g/mol. The molecular weight excluding hydrogens is 301 g/mol. The number of hydrogen-bond acceptors (Lipinski definition) is 2. The van der Waals surface area contributed by atoms with Crippen LogP contribution in [0.15, 0.2) is 24.3 Å². The lowest BCUT2D eigenvalue weighted by Crippen LogP contribution is -2.22. The SMILES string of the molecule is CO[C@@H]1CCN(Cc2ccccc2I)C1. The number of ether oxygens (including phenoxy) is 1. The second kappa shape index (κ2) is 5.27. The van der Waals surface area contributed by atoms with E-state index in [4.69, 9.17) is 4.74 Å². The van der Waals surface area contributed by atoms with Gasteiger partial charge < -0.3 is 4.74 Å². The molecule has 1 aromatic rings. The van der Waals surface area contributed by atoms with Crippen molar-refractivity contribution in [3.8, 4) is 0 Å². The molecule has 0 saturated carbocycles. The molecule has 1 aromatic carbocycles. The first-order valence-corrected chi connectivity index (χ1v) is 6.36. The highest BCUT2D eigenvalue weighted by atomic mass is 127. The van der Waals surface area contributed by atoms with Gasteiger partial charge in [0, 0.05) is 30.3 Å². The molecule has 1 aliphatic heterocycles. The Labute approximate surface area is 105 Å². The summed E-state index contributed by atoms with van der Waals surface area (Å²) in [6.45, 7) is 3.28. The van der Waals surface area contributed by atoms with Gasteiger partial charge in [-0.2, -0.15) is 0 Å². The number of benzene rings is 1. The fraction of sp³-hybridized carbons (Fsp3) is 0.500. The van der Waals surface area contributed by atoms with E-state index >= 15 is 0 Å². The quantitative estimate of drug-likeness (QED) is 0.795. The standard InChI is InChI=1S/C12H16INO/c1-15-11-6-7-14(9-11)8-10-4-2-3-5-12(10)13/h2-5,11H,6-9H2,1H3/t11-/m1/s1. The Morgan fingerprint density at radius 2 is 2.27 bits per heavy atom. The molecule has 0 aliphatic carbocycles. The molecule has 2 nitrogen and oxygen atoms in total. The fourth-order valence-electron chi connectivity index (χ4n) is 2.00. The normalized spacial score (nSPS) is 22.1. The summed E-state index contributed by atoms with van der Waals surface area (Å²) in [4.78, 5) is 2.46. The molecule has 15 heavy (non-hydrogen) atoms. The maximum atomic E-state index is 5.37. The molecule has 0 aromatic heterocycles. The van der Waals surface area contributed by atoms with E-state index in [1.54, 1.807) is 7.11 Å². The molecular formula is C12H16INO.